The number of aliphatic hydroxyl groups excluding tert-OH is 3. The van der Waals surface area contributed by atoms with Gasteiger partial charge >= 0.3 is 0 Å². The second kappa shape index (κ2) is 14.8. The van der Waals surface area contributed by atoms with Crippen LogP contribution < -0.4 is 0 Å². The van der Waals surface area contributed by atoms with Crippen LogP contribution in [-0.4, -0.2) is 58.4 Å². The predicted molar refractivity (Wildman–Crippen MR) is 103 cm³/mol. The number of hydrogen-bond donors (Lipinski definition) is 3. The third-order valence-electron chi connectivity index (χ3n) is 4.30. The highest BCUT2D eigenvalue weighted by molar-refractivity contribution is 4.76. The minimum atomic E-state index is -0.831. The van der Waals surface area contributed by atoms with Crippen LogP contribution in [0.25, 0.3) is 0 Å². The zero-order chi connectivity index (χ0) is 20.1. The summed E-state index contributed by atoms with van der Waals surface area (Å²) in [5.74, 6) is 0. The molecule has 0 aromatic rings. The van der Waals surface area contributed by atoms with Crippen LogP contribution in [0.1, 0.15) is 86.5 Å². The Morgan fingerprint density at radius 1 is 0.962 bits per heavy atom. The molecule has 6 nitrogen and oxygen atoms in total. The van der Waals surface area contributed by atoms with E-state index in [1.165, 1.54) is 0 Å². The van der Waals surface area contributed by atoms with Gasteiger partial charge in [-0.1, -0.05) is 27.2 Å². The third kappa shape index (κ3) is 13.0. The highest BCUT2D eigenvalue weighted by atomic mass is 16.7. The zero-order valence-electron chi connectivity index (χ0n) is 17.6. The molecule has 7 atom stereocenters. The summed E-state index contributed by atoms with van der Waals surface area (Å²) in [6.45, 7) is 11.3. The van der Waals surface area contributed by atoms with Gasteiger partial charge in [0.25, 0.3) is 0 Å². The van der Waals surface area contributed by atoms with Crippen molar-refractivity contribution < 1.29 is 29.5 Å². The summed E-state index contributed by atoms with van der Waals surface area (Å²) in [6.07, 6.45) is 4.30. The molecule has 0 bridgehead atoms. The average Bonchev–Trinajstić information content (AvgIpc) is 2.54. The fourth-order valence-corrected chi connectivity index (χ4v) is 2.81. The number of hydrogen-bond acceptors (Lipinski definition) is 6. The van der Waals surface area contributed by atoms with Gasteiger partial charge in [0.1, 0.15) is 0 Å². The van der Waals surface area contributed by atoms with Crippen molar-refractivity contribution in [3.05, 3.63) is 0 Å². The topological polar surface area (TPSA) is 88.4 Å². The molecule has 0 radical (unpaired) electrons. The lowest BCUT2D eigenvalue weighted by atomic mass is 9.99. The SMILES string of the molecule is CCC(C)O.CCCC1OC(CC)CC(CC(CC(C)O)OC(C)O)O1. The highest BCUT2D eigenvalue weighted by Gasteiger charge is 2.31. The normalized spacial score (nSPS) is 27.8. The van der Waals surface area contributed by atoms with E-state index in [0.717, 1.165) is 32.1 Å². The predicted octanol–water partition coefficient (Wildman–Crippen LogP) is 3.36. The molecule has 0 aromatic heterocycles. The minimum Gasteiger partial charge on any atom is -0.393 e. The molecule has 6 heteroatoms. The van der Waals surface area contributed by atoms with Crippen molar-refractivity contribution in [2.24, 2.45) is 0 Å². The summed E-state index contributed by atoms with van der Waals surface area (Å²) >= 11 is 0. The Balaban J connectivity index is 0.00000110. The molecule has 7 unspecified atom stereocenters. The van der Waals surface area contributed by atoms with Crippen LogP contribution in [0.4, 0.5) is 0 Å². The Bertz CT molecular complexity index is 311. The maximum absolute atomic E-state index is 9.57. The molecular weight excluding hydrogens is 336 g/mol. The van der Waals surface area contributed by atoms with Crippen molar-refractivity contribution in [1.82, 2.24) is 0 Å². The Kier molecular flexibility index (Phi) is 14.6. The molecule has 1 heterocycles. The van der Waals surface area contributed by atoms with Gasteiger partial charge in [-0.15, -0.1) is 0 Å². The second-order valence-corrected chi connectivity index (χ2v) is 7.31. The molecule has 1 aliphatic heterocycles. The molecule has 1 aliphatic rings. The second-order valence-electron chi connectivity index (χ2n) is 7.31. The molecule has 158 valence electrons. The van der Waals surface area contributed by atoms with Gasteiger partial charge in [-0.3, -0.25) is 0 Å². The fraction of sp³-hybridized carbons (Fsp3) is 1.00. The lowest BCUT2D eigenvalue weighted by molar-refractivity contribution is -0.254. The molecule has 1 saturated heterocycles. The van der Waals surface area contributed by atoms with E-state index in [0.29, 0.717) is 12.8 Å². The fourth-order valence-electron chi connectivity index (χ4n) is 2.81. The quantitative estimate of drug-likeness (QED) is 0.505. The first kappa shape index (κ1) is 25.8. The Morgan fingerprint density at radius 2 is 1.54 bits per heavy atom. The van der Waals surface area contributed by atoms with E-state index in [1.807, 2.05) is 6.92 Å². The van der Waals surface area contributed by atoms with Crippen LogP contribution in [-0.2, 0) is 14.2 Å². The van der Waals surface area contributed by atoms with Crippen LogP contribution in [0.5, 0.6) is 0 Å². The van der Waals surface area contributed by atoms with E-state index in [4.69, 9.17) is 19.3 Å². The standard InChI is InChI=1S/C16H32O5.C4H10O/c1-5-7-16-20-13(6-2)9-15(21-16)10-14(8-11(3)17)19-12(4)18;1-3-4(2)5/h11-18H,5-10H2,1-4H3;4-5H,3H2,1-2H3. The van der Waals surface area contributed by atoms with Gasteiger partial charge < -0.3 is 29.5 Å². The monoisotopic (exact) mass is 378 g/mol. The van der Waals surface area contributed by atoms with Crippen LogP contribution in [0, 0.1) is 0 Å². The summed E-state index contributed by atoms with van der Waals surface area (Å²) in [6, 6.07) is 0. The van der Waals surface area contributed by atoms with Crippen molar-refractivity contribution in [1.29, 1.82) is 0 Å². The maximum Gasteiger partial charge on any atom is 0.158 e. The molecule has 0 aliphatic carbocycles. The summed E-state index contributed by atoms with van der Waals surface area (Å²) in [5.41, 5.74) is 0. The van der Waals surface area contributed by atoms with Gasteiger partial charge in [-0.25, -0.2) is 0 Å². The Hall–Kier alpha value is -0.240. The largest absolute Gasteiger partial charge is 0.393 e. The van der Waals surface area contributed by atoms with Gasteiger partial charge in [0.05, 0.1) is 30.5 Å². The van der Waals surface area contributed by atoms with Gasteiger partial charge in [-0.05, 0) is 46.5 Å². The summed E-state index contributed by atoms with van der Waals surface area (Å²) in [7, 11) is 0. The van der Waals surface area contributed by atoms with Crippen molar-refractivity contribution >= 4 is 0 Å². The smallest absolute Gasteiger partial charge is 0.158 e. The number of rotatable bonds is 10. The first-order valence-corrected chi connectivity index (χ1v) is 10.2. The molecule has 26 heavy (non-hydrogen) atoms. The van der Waals surface area contributed by atoms with E-state index < -0.39 is 12.4 Å². The molecule has 1 fully saturated rings. The first-order chi connectivity index (χ1) is 12.2. The summed E-state index contributed by atoms with van der Waals surface area (Å²) < 4.78 is 17.4. The number of ether oxygens (including phenoxy) is 3. The van der Waals surface area contributed by atoms with Crippen LogP contribution in [0.3, 0.4) is 0 Å². The van der Waals surface area contributed by atoms with E-state index in [2.05, 4.69) is 13.8 Å². The number of aliphatic hydroxyl groups is 3. The van der Waals surface area contributed by atoms with Gasteiger partial charge in [0.2, 0.25) is 0 Å². The molecule has 0 aromatic carbocycles. The molecule has 3 N–H and O–H groups in total. The van der Waals surface area contributed by atoms with Crippen LogP contribution in [0.2, 0.25) is 0 Å². The summed E-state index contributed by atoms with van der Waals surface area (Å²) in [4.78, 5) is 0. The average molecular weight is 379 g/mol. The zero-order valence-corrected chi connectivity index (χ0v) is 17.6. The maximum atomic E-state index is 9.57. The highest BCUT2D eigenvalue weighted by Crippen LogP contribution is 2.27. The van der Waals surface area contributed by atoms with E-state index in [1.54, 1.807) is 20.8 Å². The molecule has 0 spiro atoms. The lowest BCUT2D eigenvalue weighted by Crippen LogP contribution is -2.40. The van der Waals surface area contributed by atoms with Crippen molar-refractivity contribution in [2.45, 2.75) is 130 Å². The van der Waals surface area contributed by atoms with E-state index in [-0.39, 0.29) is 30.7 Å². The molecule has 0 amide bonds. The van der Waals surface area contributed by atoms with Crippen molar-refractivity contribution in [3.8, 4) is 0 Å². The molecular formula is C20H42O6. The Labute approximate surface area is 159 Å². The van der Waals surface area contributed by atoms with Gasteiger partial charge in [-0.2, -0.15) is 0 Å². The van der Waals surface area contributed by atoms with E-state index >= 15 is 0 Å². The Morgan fingerprint density at radius 3 is 1.96 bits per heavy atom. The summed E-state index contributed by atoms with van der Waals surface area (Å²) in [5, 5.41) is 27.4. The van der Waals surface area contributed by atoms with Crippen LogP contribution in [0.15, 0.2) is 0 Å². The van der Waals surface area contributed by atoms with Crippen LogP contribution >= 0.6 is 0 Å². The van der Waals surface area contributed by atoms with Crippen molar-refractivity contribution in [2.75, 3.05) is 0 Å². The van der Waals surface area contributed by atoms with Gasteiger partial charge in [0.15, 0.2) is 12.6 Å². The first-order valence-electron chi connectivity index (χ1n) is 10.2. The van der Waals surface area contributed by atoms with E-state index in [9.17, 15) is 10.2 Å². The van der Waals surface area contributed by atoms with Gasteiger partial charge in [0, 0.05) is 12.8 Å². The lowest BCUT2D eigenvalue weighted by Gasteiger charge is -2.37. The third-order valence-corrected chi connectivity index (χ3v) is 4.30. The van der Waals surface area contributed by atoms with Crippen molar-refractivity contribution in [3.63, 3.8) is 0 Å². The molecule has 0 saturated carbocycles. The minimum absolute atomic E-state index is 0.0581. The molecule has 1 rings (SSSR count).